The SMILES string of the molecule is NC(=O)CSc1ccccc1C(=O)N1CCN(CC(=O)Nc2ccc(F)cc2)CC1. The van der Waals surface area contributed by atoms with E-state index in [1.165, 1.54) is 36.0 Å². The van der Waals surface area contributed by atoms with Gasteiger partial charge in [0.25, 0.3) is 5.91 Å². The first-order valence-electron chi connectivity index (χ1n) is 9.49. The highest BCUT2D eigenvalue weighted by molar-refractivity contribution is 8.00. The van der Waals surface area contributed by atoms with Crippen molar-refractivity contribution in [2.45, 2.75) is 4.90 Å². The molecule has 3 amide bonds. The number of anilines is 1. The third-order valence-electron chi connectivity index (χ3n) is 4.64. The predicted molar refractivity (Wildman–Crippen MR) is 114 cm³/mol. The molecule has 0 aromatic heterocycles. The number of benzene rings is 2. The summed E-state index contributed by atoms with van der Waals surface area (Å²) in [7, 11) is 0. The molecule has 7 nitrogen and oxygen atoms in total. The third-order valence-corrected chi connectivity index (χ3v) is 5.74. The van der Waals surface area contributed by atoms with Crippen LogP contribution >= 0.6 is 11.8 Å². The van der Waals surface area contributed by atoms with Crippen molar-refractivity contribution >= 4 is 35.2 Å². The Bertz CT molecular complexity index is 915. The van der Waals surface area contributed by atoms with Gasteiger partial charge in [-0.15, -0.1) is 11.8 Å². The minimum Gasteiger partial charge on any atom is -0.369 e. The largest absolute Gasteiger partial charge is 0.369 e. The zero-order valence-electron chi connectivity index (χ0n) is 16.3. The van der Waals surface area contributed by atoms with E-state index in [4.69, 9.17) is 5.73 Å². The Morgan fingerprint density at radius 2 is 1.67 bits per heavy atom. The number of carbonyl (C=O) groups excluding carboxylic acids is 3. The minimum absolute atomic E-state index is 0.0991. The van der Waals surface area contributed by atoms with Crippen LogP contribution in [0.1, 0.15) is 10.4 Å². The lowest BCUT2D eigenvalue weighted by Gasteiger charge is -2.34. The van der Waals surface area contributed by atoms with Crippen molar-refractivity contribution in [1.82, 2.24) is 9.80 Å². The van der Waals surface area contributed by atoms with E-state index >= 15 is 0 Å². The summed E-state index contributed by atoms with van der Waals surface area (Å²) in [6.07, 6.45) is 0. The number of amides is 3. The van der Waals surface area contributed by atoms with E-state index in [1.807, 2.05) is 11.0 Å². The average Bonchev–Trinajstić information content (AvgIpc) is 2.74. The molecule has 3 N–H and O–H groups in total. The van der Waals surface area contributed by atoms with Crippen LogP contribution < -0.4 is 11.1 Å². The number of nitrogens with one attached hydrogen (secondary N) is 1. The van der Waals surface area contributed by atoms with Gasteiger partial charge < -0.3 is 16.0 Å². The smallest absolute Gasteiger partial charge is 0.255 e. The van der Waals surface area contributed by atoms with Crippen LogP contribution in [0.5, 0.6) is 0 Å². The molecule has 1 aliphatic rings. The number of nitrogens with two attached hydrogens (primary N) is 1. The van der Waals surface area contributed by atoms with Gasteiger partial charge in [0.2, 0.25) is 11.8 Å². The van der Waals surface area contributed by atoms with E-state index in [-0.39, 0.29) is 29.9 Å². The van der Waals surface area contributed by atoms with Crippen LogP contribution in [0.25, 0.3) is 0 Å². The number of nitrogens with zero attached hydrogens (tertiary/aromatic N) is 2. The number of halogens is 1. The van der Waals surface area contributed by atoms with Gasteiger partial charge in [0.15, 0.2) is 0 Å². The van der Waals surface area contributed by atoms with Crippen LogP contribution in [-0.2, 0) is 9.59 Å². The molecular weight excluding hydrogens is 407 g/mol. The average molecular weight is 431 g/mol. The number of primary amides is 1. The second kappa shape index (κ2) is 10.2. The maximum absolute atomic E-state index is 12.9. The Morgan fingerprint density at radius 1 is 1.00 bits per heavy atom. The summed E-state index contributed by atoms with van der Waals surface area (Å²) in [6.45, 7) is 2.33. The zero-order valence-corrected chi connectivity index (χ0v) is 17.2. The highest BCUT2D eigenvalue weighted by Gasteiger charge is 2.25. The third kappa shape index (κ3) is 6.04. The highest BCUT2D eigenvalue weighted by Crippen LogP contribution is 2.24. The molecule has 2 aromatic carbocycles. The lowest BCUT2D eigenvalue weighted by molar-refractivity contribution is -0.117. The Hall–Kier alpha value is -2.91. The Kier molecular flexibility index (Phi) is 7.42. The van der Waals surface area contributed by atoms with Gasteiger partial charge in [-0.2, -0.15) is 0 Å². The normalized spacial score (nSPS) is 14.4. The summed E-state index contributed by atoms with van der Waals surface area (Å²) >= 11 is 1.25. The molecule has 0 atom stereocenters. The van der Waals surface area contributed by atoms with Crippen molar-refractivity contribution in [2.24, 2.45) is 5.73 Å². The van der Waals surface area contributed by atoms with Crippen LogP contribution in [-0.4, -0.2) is 66.0 Å². The predicted octanol–water partition coefficient (Wildman–Crippen LogP) is 1.80. The van der Waals surface area contributed by atoms with Gasteiger partial charge in [-0.05, 0) is 36.4 Å². The van der Waals surface area contributed by atoms with Gasteiger partial charge in [0, 0.05) is 36.8 Å². The first kappa shape index (κ1) is 21.8. The molecule has 9 heteroatoms. The molecule has 158 valence electrons. The second-order valence-corrected chi connectivity index (χ2v) is 7.89. The molecule has 1 saturated heterocycles. The number of hydrogen-bond donors (Lipinski definition) is 2. The summed E-state index contributed by atoms with van der Waals surface area (Å²) in [5, 5.41) is 2.74. The first-order valence-corrected chi connectivity index (χ1v) is 10.5. The molecular formula is C21H23FN4O3S. The molecule has 2 aromatic rings. The van der Waals surface area contributed by atoms with Crippen molar-refractivity contribution in [1.29, 1.82) is 0 Å². The maximum atomic E-state index is 12.9. The van der Waals surface area contributed by atoms with Gasteiger partial charge in [-0.1, -0.05) is 12.1 Å². The van der Waals surface area contributed by atoms with E-state index in [0.29, 0.717) is 37.4 Å². The maximum Gasteiger partial charge on any atom is 0.255 e. The quantitative estimate of drug-likeness (QED) is 0.653. The molecule has 0 bridgehead atoms. The van der Waals surface area contributed by atoms with Gasteiger partial charge in [0.1, 0.15) is 5.82 Å². The molecule has 30 heavy (non-hydrogen) atoms. The highest BCUT2D eigenvalue weighted by atomic mass is 32.2. The monoisotopic (exact) mass is 430 g/mol. The second-order valence-electron chi connectivity index (χ2n) is 6.87. The lowest BCUT2D eigenvalue weighted by Crippen LogP contribution is -2.50. The Balaban J connectivity index is 1.51. The number of rotatable bonds is 7. The van der Waals surface area contributed by atoms with Crippen molar-refractivity contribution in [3.63, 3.8) is 0 Å². The topological polar surface area (TPSA) is 95.7 Å². The van der Waals surface area contributed by atoms with Gasteiger partial charge >= 0.3 is 0 Å². The van der Waals surface area contributed by atoms with Crippen molar-refractivity contribution in [3.8, 4) is 0 Å². The van der Waals surface area contributed by atoms with E-state index in [1.54, 1.807) is 23.1 Å². The van der Waals surface area contributed by atoms with E-state index in [9.17, 15) is 18.8 Å². The van der Waals surface area contributed by atoms with Crippen LogP contribution in [0.3, 0.4) is 0 Å². The summed E-state index contributed by atoms with van der Waals surface area (Å²) in [5.74, 6) is -0.966. The lowest BCUT2D eigenvalue weighted by atomic mass is 10.2. The summed E-state index contributed by atoms with van der Waals surface area (Å²) in [6, 6.07) is 12.8. The fourth-order valence-corrected chi connectivity index (χ4v) is 3.92. The minimum atomic E-state index is -0.435. The molecule has 0 saturated carbocycles. The van der Waals surface area contributed by atoms with Gasteiger partial charge in [-0.25, -0.2) is 4.39 Å². The Labute approximate surface area is 178 Å². The Morgan fingerprint density at radius 3 is 2.33 bits per heavy atom. The van der Waals surface area contributed by atoms with Crippen molar-refractivity contribution in [3.05, 3.63) is 59.9 Å². The molecule has 0 unspecified atom stereocenters. The summed E-state index contributed by atoms with van der Waals surface area (Å²) in [4.78, 5) is 40.6. The van der Waals surface area contributed by atoms with Crippen molar-refractivity contribution < 1.29 is 18.8 Å². The van der Waals surface area contributed by atoms with Crippen LogP contribution in [0.2, 0.25) is 0 Å². The number of carbonyl (C=O) groups is 3. The molecule has 3 rings (SSSR count). The number of piperazine rings is 1. The van der Waals surface area contributed by atoms with Crippen LogP contribution in [0, 0.1) is 5.82 Å². The molecule has 1 aliphatic heterocycles. The van der Waals surface area contributed by atoms with Crippen molar-refractivity contribution in [2.75, 3.05) is 43.8 Å². The van der Waals surface area contributed by atoms with E-state index in [2.05, 4.69) is 5.32 Å². The molecule has 0 spiro atoms. The fourth-order valence-electron chi connectivity index (χ4n) is 3.13. The van der Waals surface area contributed by atoms with E-state index < -0.39 is 5.91 Å². The van der Waals surface area contributed by atoms with Crippen LogP contribution in [0.15, 0.2) is 53.4 Å². The molecule has 0 aliphatic carbocycles. The van der Waals surface area contributed by atoms with Gasteiger partial charge in [0.05, 0.1) is 17.9 Å². The summed E-state index contributed by atoms with van der Waals surface area (Å²) < 4.78 is 12.9. The van der Waals surface area contributed by atoms with E-state index in [0.717, 1.165) is 4.90 Å². The number of thioether (sulfide) groups is 1. The zero-order chi connectivity index (χ0) is 21.5. The summed E-state index contributed by atoms with van der Waals surface area (Å²) in [5.41, 5.74) is 6.30. The molecule has 1 heterocycles. The standard InChI is InChI=1S/C21H23FN4O3S/c22-15-5-7-16(8-6-15)24-20(28)13-25-9-11-26(12-10-25)21(29)17-3-1-2-4-18(17)30-14-19(23)27/h1-8H,9-14H2,(H2,23,27)(H,24,28). The molecule has 0 radical (unpaired) electrons. The van der Waals surface area contributed by atoms with Gasteiger partial charge in [-0.3, -0.25) is 19.3 Å². The first-order chi connectivity index (χ1) is 14.4. The fraction of sp³-hybridized carbons (Fsp3) is 0.286. The number of hydrogen-bond acceptors (Lipinski definition) is 5. The van der Waals surface area contributed by atoms with Crippen LogP contribution in [0.4, 0.5) is 10.1 Å². The molecule has 1 fully saturated rings.